The van der Waals surface area contributed by atoms with Crippen LogP contribution in [0.25, 0.3) is 0 Å². The maximum Gasteiger partial charge on any atom is 0.673 e. The lowest BCUT2D eigenvalue weighted by Crippen LogP contribution is -2.02. The van der Waals surface area contributed by atoms with Gasteiger partial charge in [-0.1, -0.05) is 13.3 Å². The van der Waals surface area contributed by atoms with Crippen LogP contribution in [0, 0.1) is 0 Å². The van der Waals surface area contributed by atoms with E-state index >= 15 is 0 Å². The SMILES string of the molecule is CCCCO.F[B-](F)(F)F. The van der Waals surface area contributed by atoms with Crippen molar-refractivity contribution in [3.8, 4) is 0 Å². The zero-order chi connectivity index (χ0) is 8.62. The second-order valence-electron chi connectivity index (χ2n) is 1.57. The minimum Gasteiger partial charge on any atom is -0.418 e. The van der Waals surface area contributed by atoms with Gasteiger partial charge in [-0.05, 0) is 6.42 Å². The van der Waals surface area contributed by atoms with Crippen LogP contribution in [0.4, 0.5) is 17.3 Å². The van der Waals surface area contributed by atoms with Gasteiger partial charge in [0.25, 0.3) is 0 Å². The van der Waals surface area contributed by atoms with Gasteiger partial charge in [-0.2, -0.15) is 0 Å². The topological polar surface area (TPSA) is 20.2 Å². The van der Waals surface area contributed by atoms with Crippen molar-refractivity contribution in [1.29, 1.82) is 0 Å². The average molecular weight is 161 g/mol. The molecule has 0 amide bonds. The second-order valence-corrected chi connectivity index (χ2v) is 1.57. The number of unbranched alkanes of at least 4 members (excludes halogenated alkanes) is 1. The Hall–Kier alpha value is -0.255. The molecular weight excluding hydrogens is 151 g/mol. The van der Waals surface area contributed by atoms with Gasteiger partial charge in [0.05, 0.1) is 0 Å². The summed E-state index contributed by atoms with van der Waals surface area (Å²) in [5.74, 6) is 0. The highest BCUT2D eigenvalue weighted by molar-refractivity contribution is 6.50. The van der Waals surface area contributed by atoms with Gasteiger partial charge < -0.3 is 22.4 Å². The van der Waals surface area contributed by atoms with Gasteiger partial charge in [0.15, 0.2) is 0 Å². The van der Waals surface area contributed by atoms with Crippen LogP contribution in [-0.2, 0) is 0 Å². The lowest BCUT2D eigenvalue weighted by molar-refractivity contribution is 0.287. The van der Waals surface area contributed by atoms with E-state index in [0.717, 1.165) is 12.8 Å². The van der Waals surface area contributed by atoms with E-state index in [1.807, 2.05) is 0 Å². The molecule has 0 spiro atoms. The first-order valence-corrected chi connectivity index (χ1v) is 2.90. The number of halogens is 4. The molecule has 0 aromatic rings. The van der Waals surface area contributed by atoms with Crippen LogP contribution < -0.4 is 0 Å². The Balaban J connectivity index is 0. The van der Waals surface area contributed by atoms with Crippen molar-refractivity contribution in [2.24, 2.45) is 0 Å². The number of aliphatic hydroxyl groups excluding tert-OH is 1. The Morgan fingerprint density at radius 2 is 1.50 bits per heavy atom. The standard InChI is InChI=1S/C4H10O.BF4/c1-2-3-4-5;2-1(3,4)5/h5H,2-4H2,1H3;/q;-1. The maximum atomic E-state index is 9.75. The Morgan fingerprint density at radius 1 is 1.20 bits per heavy atom. The highest BCUT2D eigenvalue weighted by Crippen LogP contribution is 2.06. The fourth-order valence-electron chi connectivity index (χ4n) is 0.158. The van der Waals surface area contributed by atoms with E-state index in [-0.39, 0.29) is 0 Å². The molecule has 0 atom stereocenters. The minimum atomic E-state index is -6.00. The molecule has 10 heavy (non-hydrogen) atoms. The van der Waals surface area contributed by atoms with Gasteiger partial charge in [-0.25, -0.2) is 0 Å². The summed E-state index contributed by atoms with van der Waals surface area (Å²) in [5.41, 5.74) is 0. The van der Waals surface area contributed by atoms with Crippen molar-refractivity contribution >= 4 is 7.25 Å². The number of hydrogen-bond acceptors (Lipinski definition) is 1. The molecule has 64 valence electrons. The summed E-state index contributed by atoms with van der Waals surface area (Å²) in [6.07, 6.45) is 2.04. The molecule has 0 aliphatic heterocycles. The highest BCUT2D eigenvalue weighted by Gasteiger charge is 2.20. The molecular formula is C4H10BF4O-. The summed E-state index contributed by atoms with van der Waals surface area (Å²) < 4.78 is 39.0. The molecule has 0 saturated heterocycles. The van der Waals surface area contributed by atoms with Crippen LogP contribution in [0.2, 0.25) is 0 Å². The molecule has 0 unspecified atom stereocenters. The van der Waals surface area contributed by atoms with Gasteiger partial charge in [0, 0.05) is 6.61 Å². The quantitative estimate of drug-likeness (QED) is 0.485. The van der Waals surface area contributed by atoms with Crippen LogP contribution in [-0.4, -0.2) is 19.0 Å². The zero-order valence-electron chi connectivity index (χ0n) is 5.66. The summed E-state index contributed by atoms with van der Waals surface area (Å²) in [5, 5.41) is 8.07. The Labute approximate surface area is 57.2 Å². The lowest BCUT2D eigenvalue weighted by atomic mass is 10.3. The lowest BCUT2D eigenvalue weighted by Gasteiger charge is -1.94. The molecule has 0 aromatic heterocycles. The van der Waals surface area contributed by atoms with Gasteiger partial charge in [0.1, 0.15) is 0 Å². The summed E-state index contributed by atoms with van der Waals surface area (Å²) >= 11 is 0. The number of hydrogen-bond donors (Lipinski definition) is 1. The fraction of sp³-hybridized carbons (Fsp3) is 1.00. The molecule has 0 saturated carbocycles. The van der Waals surface area contributed by atoms with Crippen LogP contribution in [0.5, 0.6) is 0 Å². The summed E-state index contributed by atoms with van der Waals surface area (Å²) in [7, 11) is -6.00. The Bertz CT molecular complexity index is 56.8. The van der Waals surface area contributed by atoms with E-state index in [1.54, 1.807) is 0 Å². The molecule has 0 aliphatic rings. The first-order valence-electron chi connectivity index (χ1n) is 2.90. The maximum absolute atomic E-state index is 9.75. The third kappa shape index (κ3) is 116. The molecule has 0 heterocycles. The third-order valence-electron chi connectivity index (χ3n) is 0.512. The molecule has 0 aromatic carbocycles. The van der Waals surface area contributed by atoms with Gasteiger partial charge >= 0.3 is 7.25 Å². The monoisotopic (exact) mass is 161 g/mol. The van der Waals surface area contributed by atoms with E-state index in [4.69, 9.17) is 5.11 Å². The van der Waals surface area contributed by atoms with Crippen molar-refractivity contribution in [3.63, 3.8) is 0 Å². The van der Waals surface area contributed by atoms with E-state index in [1.165, 1.54) is 0 Å². The normalized spacial score (nSPS) is 10.2. The predicted octanol–water partition coefficient (Wildman–Crippen LogP) is 2.08. The van der Waals surface area contributed by atoms with E-state index in [0.29, 0.717) is 6.61 Å². The first-order chi connectivity index (χ1) is 4.41. The molecule has 0 aliphatic carbocycles. The van der Waals surface area contributed by atoms with Crippen molar-refractivity contribution in [2.75, 3.05) is 6.61 Å². The van der Waals surface area contributed by atoms with Gasteiger partial charge in [-0.3, -0.25) is 0 Å². The molecule has 0 rings (SSSR count). The van der Waals surface area contributed by atoms with E-state index < -0.39 is 7.25 Å². The Kier molecular flexibility index (Phi) is 8.52. The molecule has 1 nitrogen and oxygen atoms in total. The molecule has 0 bridgehead atoms. The summed E-state index contributed by atoms with van der Waals surface area (Å²) in [6.45, 7) is 2.40. The van der Waals surface area contributed by atoms with Crippen molar-refractivity contribution in [1.82, 2.24) is 0 Å². The molecule has 1 N–H and O–H groups in total. The van der Waals surface area contributed by atoms with Gasteiger partial charge in [0.2, 0.25) is 0 Å². The Morgan fingerprint density at radius 3 is 1.50 bits per heavy atom. The predicted molar refractivity (Wildman–Crippen MR) is 32.2 cm³/mol. The summed E-state index contributed by atoms with van der Waals surface area (Å²) in [6, 6.07) is 0. The average Bonchev–Trinajstić information content (AvgIpc) is 1.63. The minimum absolute atomic E-state index is 0.344. The second kappa shape index (κ2) is 6.86. The number of aliphatic hydroxyl groups is 1. The first kappa shape index (κ1) is 12.4. The van der Waals surface area contributed by atoms with E-state index in [2.05, 4.69) is 6.92 Å². The molecule has 6 heteroatoms. The van der Waals surface area contributed by atoms with Gasteiger partial charge in [-0.15, -0.1) is 0 Å². The van der Waals surface area contributed by atoms with Crippen molar-refractivity contribution in [2.45, 2.75) is 19.8 Å². The fourth-order valence-corrected chi connectivity index (χ4v) is 0.158. The number of rotatable bonds is 2. The van der Waals surface area contributed by atoms with Crippen LogP contribution in [0.15, 0.2) is 0 Å². The summed E-state index contributed by atoms with van der Waals surface area (Å²) in [4.78, 5) is 0. The largest absolute Gasteiger partial charge is 0.673 e. The van der Waals surface area contributed by atoms with Crippen LogP contribution in [0.3, 0.4) is 0 Å². The van der Waals surface area contributed by atoms with Crippen LogP contribution in [0.1, 0.15) is 19.8 Å². The smallest absolute Gasteiger partial charge is 0.418 e. The van der Waals surface area contributed by atoms with E-state index in [9.17, 15) is 17.3 Å². The highest BCUT2D eigenvalue weighted by atomic mass is 19.5. The third-order valence-corrected chi connectivity index (χ3v) is 0.512. The molecule has 0 fully saturated rings. The zero-order valence-corrected chi connectivity index (χ0v) is 5.66. The molecule has 0 radical (unpaired) electrons. The van der Waals surface area contributed by atoms with Crippen molar-refractivity contribution < 1.29 is 22.4 Å². The van der Waals surface area contributed by atoms with Crippen LogP contribution >= 0.6 is 0 Å². The van der Waals surface area contributed by atoms with Crippen molar-refractivity contribution in [3.05, 3.63) is 0 Å².